The van der Waals surface area contributed by atoms with Crippen LogP contribution in [0.1, 0.15) is 29.7 Å². The topological polar surface area (TPSA) is 70.5 Å². The van der Waals surface area contributed by atoms with Crippen LogP contribution in [-0.4, -0.2) is 34.3 Å². The van der Waals surface area contributed by atoms with Crippen LogP contribution in [0, 0.1) is 6.92 Å². The largest absolute Gasteiger partial charge is 0.467 e. The van der Waals surface area contributed by atoms with Gasteiger partial charge in [0.25, 0.3) is 5.56 Å². The third-order valence-corrected chi connectivity index (χ3v) is 5.66. The molecule has 1 fully saturated rings. The molecule has 29 heavy (non-hydrogen) atoms. The molecule has 1 aromatic carbocycles. The maximum Gasteiger partial charge on any atom is 0.253 e. The molecule has 1 saturated heterocycles. The molecule has 4 rings (SSSR count). The van der Waals surface area contributed by atoms with Crippen LogP contribution in [0.3, 0.4) is 0 Å². The van der Waals surface area contributed by atoms with Gasteiger partial charge in [0.15, 0.2) is 5.11 Å². The number of thiocarbonyl (C=S) groups is 1. The Morgan fingerprint density at radius 1 is 1.34 bits per heavy atom. The zero-order valence-electron chi connectivity index (χ0n) is 16.4. The first kappa shape index (κ1) is 19.7. The number of nitrogens with one attached hydrogen (secondary N) is 2. The van der Waals surface area contributed by atoms with Crippen LogP contribution >= 0.6 is 12.2 Å². The molecule has 0 bridgehead atoms. The summed E-state index contributed by atoms with van der Waals surface area (Å²) in [5.74, 6) is 0.809. The van der Waals surface area contributed by atoms with Crippen LogP contribution in [-0.2, 0) is 17.8 Å². The Bertz CT molecular complexity index is 1040. The van der Waals surface area contributed by atoms with E-state index >= 15 is 0 Å². The van der Waals surface area contributed by atoms with Crippen molar-refractivity contribution in [3.63, 3.8) is 0 Å². The quantitative estimate of drug-likeness (QED) is 0.605. The summed E-state index contributed by atoms with van der Waals surface area (Å²) in [6.45, 7) is 4.34. The molecule has 2 aromatic heterocycles. The Balaban J connectivity index is 1.55. The Morgan fingerprint density at radius 2 is 2.24 bits per heavy atom. The number of aromatic nitrogens is 1. The molecule has 1 aliphatic rings. The summed E-state index contributed by atoms with van der Waals surface area (Å²) in [6.07, 6.45) is 3.83. The maximum absolute atomic E-state index is 12.7. The third kappa shape index (κ3) is 4.68. The summed E-state index contributed by atoms with van der Waals surface area (Å²) in [6, 6.07) is 11.7. The van der Waals surface area contributed by atoms with Crippen molar-refractivity contribution in [2.45, 2.75) is 39.0 Å². The standard InChI is InChI=1S/C22H25N3O3S/c1-15-5-2-6-16-11-17(21(26)24-20(15)16)13-25(14-19-8-4-10-28-19)22(29)23-12-18-7-3-9-27-18/h2-3,5-7,9,11,19H,4,8,10,12-14H2,1H3,(H,23,29)(H,24,26)/t19-/m0/s1. The van der Waals surface area contributed by atoms with Gasteiger partial charge in [0.2, 0.25) is 0 Å². The number of pyridine rings is 1. The fraction of sp³-hybridized carbons (Fsp3) is 0.364. The highest BCUT2D eigenvalue weighted by atomic mass is 32.1. The molecule has 2 N–H and O–H groups in total. The molecule has 3 aromatic rings. The molecule has 3 heterocycles. The number of aryl methyl sites for hydroxylation is 1. The summed E-state index contributed by atoms with van der Waals surface area (Å²) in [7, 11) is 0. The molecule has 0 radical (unpaired) electrons. The predicted octanol–water partition coefficient (Wildman–Crippen LogP) is 3.49. The van der Waals surface area contributed by atoms with Gasteiger partial charge in [0.05, 0.1) is 31.0 Å². The van der Waals surface area contributed by atoms with E-state index in [1.165, 1.54) is 0 Å². The van der Waals surface area contributed by atoms with Gasteiger partial charge in [-0.25, -0.2) is 0 Å². The van der Waals surface area contributed by atoms with Crippen LogP contribution in [0.15, 0.2) is 51.9 Å². The number of aromatic amines is 1. The van der Waals surface area contributed by atoms with Crippen molar-refractivity contribution in [2.75, 3.05) is 13.2 Å². The zero-order chi connectivity index (χ0) is 20.2. The lowest BCUT2D eigenvalue weighted by molar-refractivity contribution is 0.0896. The smallest absolute Gasteiger partial charge is 0.253 e. The summed E-state index contributed by atoms with van der Waals surface area (Å²) in [5.41, 5.74) is 2.53. The Kier molecular flexibility index (Phi) is 5.97. The van der Waals surface area contributed by atoms with Crippen molar-refractivity contribution in [3.05, 3.63) is 69.9 Å². The molecule has 0 unspecified atom stereocenters. The van der Waals surface area contributed by atoms with Gasteiger partial charge in [-0.1, -0.05) is 18.2 Å². The molecule has 1 atom stereocenters. The lowest BCUT2D eigenvalue weighted by Crippen LogP contribution is -2.43. The number of fused-ring (bicyclic) bond motifs is 1. The zero-order valence-corrected chi connectivity index (χ0v) is 17.3. The minimum Gasteiger partial charge on any atom is -0.467 e. The molecule has 1 aliphatic heterocycles. The van der Waals surface area contributed by atoms with E-state index in [1.807, 2.05) is 48.2 Å². The van der Waals surface area contributed by atoms with Crippen LogP contribution in [0.2, 0.25) is 0 Å². The van der Waals surface area contributed by atoms with Crippen molar-refractivity contribution in [2.24, 2.45) is 0 Å². The molecule has 6 nitrogen and oxygen atoms in total. The van der Waals surface area contributed by atoms with E-state index in [0.29, 0.717) is 30.3 Å². The van der Waals surface area contributed by atoms with Gasteiger partial charge >= 0.3 is 0 Å². The van der Waals surface area contributed by atoms with Crippen LogP contribution in [0.25, 0.3) is 10.9 Å². The first-order valence-electron chi connectivity index (χ1n) is 9.88. The normalized spacial score (nSPS) is 16.2. The van der Waals surface area contributed by atoms with Crippen molar-refractivity contribution in [1.82, 2.24) is 15.2 Å². The number of H-pyrrole nitrogens is 1. The summed E-state index contributed by atoms with van der Waals surface area (Å²) in [4.78, 5) is 17.8. The van der Waals surface area contributed by atoms with E-state index in [1.54, 1.807) is 6.26 Å². The molecular weight excluding hydrogens is 386 g/mol. The SMILES string of the molecule is Cc1cccc2cc(CN(C[C@@H]3CCCO3)C(=S)NCc3ccco3)c(=O)[nH]c12. The van der Waals surface area contributed by atoms with E-state index in [0.717, 1.165) is 41.7 Å². The lowest BCUT2D eigenvalue weighted by atomic mass is 10.1. The third-order valence-electron chi connectivity index (χ3n) is 5.26. The van der Waals surface area contributed by atoms with Crippen LogP contribution < -0.4 is 10.9 Å². The molecule has 0 spiro atoms. The molecule has 0 aliphatic carbocycles. The number of hydrogen-bond acceptors (Lipinski definition) is 4. The molecule has 0 saturated carbocycles. The fourth-order valence-corrected chi connectivity index (χ4v) is 3.90. The summed E-state index contributed by atoms with van der Waals surface area (Å²) >= 11 is 5.65. The summed E-state index contributed by atoms with van der Waals surface area (Å²) < 4.78 is 11.2. The first-order valence-corrected chi connectivity index (χ1v) is 10.3. The highest BCUT2D eigenvalue weighted by Crippen LogP contribution is 2.18. The highest BCUT2D eigenvalue weighted by Gasteiger charge is 2.22. The van der Waals surface area contributed by atoms with Crippen LogP contribution in [0.4, 0.5) is 0 Å². The van der Waals surface area contributed by atoms with Crippen molar-refractivity contribution in [3.8, 4) is 0 Å². The minimum absolute atomic E-state index is 0.0852. The number of para-hydroxylation sites is 1. The predicted molar refractivity (Wildman–Crippen MR) is 117 cm³/mol. The van der Waals surface area contributed by atoms with E-state index < -0.39 is 0 Å². The fourth-order valence-electron chi connectivity index (χ4n) is 3.69. The van der Waals surface area contributed by atoms with Gasteiger partial charge in [0.1, 0.15) is 5.76 Å². The Labute approximate surface area is 174 Å². The van der Waals surface area contributed by atoms with Crippen LogP contribution in [0.5, 0.6) is 0 Å². The number of rotatable bonds is 6. The van der Waals surface area contributed by atoms with E-state index in [-0.39, 0.29) is 11.7 Å². The number of nitrogens with zero attached hydrogens (tertiary/aromatic N) is 1. The van der Waals surface area contributed by atoms with Gasteiger partial charge in [-0.2, -0.15) is 0 Å². The molecule has 7 heteroatoms. The Morgan fingerprint density at radius 3 is 3.00 bits per heavy atom. The average molecular weight is 412 g/mol. The van der Waals surface area contributed by atoms with Crippen molar-refractivity contribution in [1.29, 1.82) is 0 Å². The summed E-state index contributed by atoms with van der Waals surface area (Å²) in [5, 5.41) is 4.84. The average Bonchev–Trinajstić information content (AvgIpc) is 3.41. The second kappa shape index (κ2) is 8.80. The van der Waals surface area contributed by atoms with Gasteiger partial charge in [-0.3, -0.25) is 4.79 Å². The monoisotopic (exact) mass is 411 g/mol. The van der Waals surface area contributed by atoms with Crippen molar-refractivity contribution >= 4 is 28.2 Å². The molecule has 0 amide bonds. The first-order chi connectivity index (χ1) is 14.1. The van der Waals surface area contributed by atoms with Gasteiger partial charge in [-0.05, 0) is 61.1 Å². The minimum atomic E-state index is -0.0852. The van der Waals surface area contributed by atoms with E-state index in [9.17, 15) is 4.79 Å². The number of benzene rings is 1. The number of furan rings is 1. The molecular formula is C22H25N3O3S. The van der Waals surface area contributed by atoms with E-state index in [2.05, 4.69) is 10.3 Å². The Hall–Kier alpha value is -2.64. The maximum atomic E-state index is 12.7. The van der Waals surface area contributed by atoms with Gasteiger partial charge in [0, 0.05) is 18.7 Å². The van der Waals surface area contributed by atoms with Gasteiger partial charge < -0.3 is 24.4 Å². The van der Waals surface area contributed by atoms with Gasteiger partial charge in [-0.15, -0.1) is 0 Å². The van der Waals surface area contributed by atoms with E-state index in [4.69, 9.17) is 21.4 Å². The second-order valence-corrected chi connectivity index (χ2v) is 7.80. The highest BCUT2D eigenvalue weighted by molar-refractivity contribution is 7.80. The number of hydrogen-bond donors (Lipinski definition) is 2. The second-order valence-electron chi connectivity index (χ2n) is 7.42. The van der Waals surface area contributed by atoms with Crippen molar-refractivity contribution < 1.29 is 9.15 Å². The lowest BCUT2D eigenvalue weighted by Gasteiger charge is -2.28. The number of ether oxygens (including phenoxy) is 1. The molecule has 152 valence electrons.